The van der Waals surface area contributed by atoms with Gasteiger partial charge in [-0.25, -0.2) is 0 Å². The molecule has 0 saturated carbocycles. The maximum atomic E-state index is 12.0. The van der Waals surface area contributed by atoms with Gasteiger partial charge in [-0.2, -0.15) is 0 Å². The smallest absolute Gasteiger partial charge is 0.276 e. The first-order valence-electron chi connectivity index (χ1n) is 9.25. The Morgan fingerprint density at radius 2 is 1.97 bits per heavy atom. The van der Waals surface area contributed by atoms with Crippen molar-refractivity contribution in [3.63, 3.8) is 0 Å². The summed E-state index contributed by atoms with van der Waals surface area (Å²) in [7, 11) is 0. The van der Waals surface area contributed by atoms with E-state index in [1.165, 1.54) is 12.2 Å². The van der Waals surface area contributed by atoms with Gasteiger partial charge in [-0.3, -0.25) is 25.8 Å². The van der Waals surface area contributed by atoms with Crippen molar-refractivity contribution < 1.29 is 18.7 Å². The van der Waals surface area contributed by atoms with E-state index in [1.54, 1.807) is 12.1 Å². The highest BCUT2D eigenvalue weighted by Crippen LogP contribution is 2.28. The van der Waals surface area contributed by atoms with E-state index in [0.717, 1.165) is 17.7 Å². The number of amides is 2. The predicted octanol–water partition coefficient (Wildman–Crippen LogP) is 3.22. The number of hydrogen-bond acceptors (Lipinski definition) is 5. The second kappa shape index (κ2) is 11.0. The molecule has 1 aromatic heterocycles. The Hall–Kier alpha value is -3.13. The number of hydrogen-bond donors (Lipinski definition) is 3. The molecule has 3 N–H and O–H groups in total. The van der Waals surface area contributed by atoms with Gasteiger partial charge in [-0.1, -0.05) is 32.0 Å². The molecule has 1 heterocycles. The lowest BCUT2D eigenvalue weighted by Crippen LogP contribution is -2.49. The number of thiocarbonyl (C=S) groups is 1. The number of ether oxygens (including phenoxy) is 1. The number of nitrogens with one attached hydrogen (secondary N) is 3. The van der Waals surface area contributed by atoms with Gasteiger partial charge in [0, 0.05) is 6.08 Å². The van der Waals surface area contributed by atoms with Gasteiger partial charge in [0.1, 0.15) is 17.3 Å². The second-order valence-electron chi connectivity index (χ2n) is 6.41. The fourth-order valence-corrected chi connectivity index (χ4v) is 2.58. The van der Waals surface area contributed by atoms with Crippen molar-refractivity contribution in [3.8, 4) is 5.75 Å². The van der Waals surface area contributed by atoms with Crippen LogP contribution in [0.25, 0.3) is 6.08 Å². The predicted molar refractivity (Wildman–Crippen MR) is 115 cm³/mol. The number of furan rings is 1. The van der Waals surface area contributed by atoms with Crippen LogP contribution in [0.2, 0.25) is 0 Å². The Bertz CT molecular complexity index is 892. The summed E-state index contributed by atoms with van der Waals surface area (Å²) in [5, 5.41) is 2.38. The minimum absolute atomic E-state index is 0.0383. The fraction of sp³-hybridized carbons (Fsp3) is 0.286. The summed E-state index contributed by atoms with van der Waals surface area (Å²) in [5.41, 5.74) is 5.90. The van der Waals surface area contributed by atoms with E-state index in [4.69, 9.17) is 21.4 Å². The summed E-state index contributed by atoms with van der Waals surface area (Å²) in [6.07, 6.45) is 3.77. The van der Waals surface area contributed by atoms with E-state index < -0.39 is 11.8 Å². The molecule has 0 aliphatic carbocycles. The van der Waals surface area contributed by atoms with Crippen molar-refractivity contribution in [1.29, 1.82) is 0 Å². The lowest BCUT2D eigenvalue weighted by molar-refractivity contribution is -0.123. The van der Waals surface area contributed by atoms with Crippen LogP contribution >= 0.6 is 12.2 Å². The van der Waals surface area contributed by atoms with Gasteiger partial charge < -0.3 is 9.15 Å². The lowest BCUT2D eigenvalue weighted by atomic mass is 9.98. The summed E-state index contributed by atoms with van der Waals surface area (Å²) >= 11 is 4.98. The number of benzene rings is 1. The molecule has 1 aromatic carbocycles. The second-order valence-corrected chi connectivity index (χ2v) is 6.82. The average molecular weight is 416 g/mol. The number of rotatable bonds is 7. The molecule has 0 aliphatic heterocycles. The first-order valence-corrected chi connectivity index (χ1v) is 9.66. The zero-order valence-corrected chi connectivity index (χ0v) is 17.5. The Kier molecular flexibility index (Phi) is 8.42. The van der Waals surface area contributed by atoms with Crippen LogP contribution in [0.3, 0.4) is 0 Å². The Morgan fingerprint density at radius 3 is 2.66 bits per heavy atom. The highest BCUT2D eigenvalue weighted by atomic mass is 32.1. The van der Waals surface area contributed by atoms with Crippen LogP contribution in [0.4, 0.5) is 0 Å². The van der Waals surface area contributed by atoms with Crippen molar-refractivity contribution in [2.45, 2.75) is 33.1 Å². The van der Waals surface area contributed by atoms with Gasteiger partial charge in [0.25, 0.3) is 5.91 Å². The summed E-state index contributed by atoms with van der Waals surface area (Å²) in [4.78, 5) is 23.8. The zero-order valence-electron chi connectivity index (χ0n) is 16.7. The third-order valence-corrected chi connectivity index (χ3v) is 4.34. The fourth-order valence-electron chi connectivity index (χ4n) is 2.43. The van der Waals surface area contributed by atoms with Crippen LogP contribution in [-0.4, -0.2) is 23.5 Å². The Balaban J connectivity index is 1.74. The third-order valence-electron chi connectivity index (χ3n) is 4.13. The van der Waals surface area contributed by atoms with E-state index in [0.29, 0.717) is 17.4 Å². The summed E-state index contributed by atoms with van der Waals surface area (Å²) in [5.74, 6) is 1.42. The monoisotopic (exact) mass is 415 g/mol. The molecule has 7 nitrogen and oxygen atoms in total. The topological polar surface area (TPSA) is 92.6 Å². The van der Waals surface area contributed by atoms with Gasteiger partial charge >= 0.3 is 0 Å². The van der Waals surface area contributed by atoms with Crippen molar-refractivity contribution >= 4 is 35.2 Å². The Labute approximate surface area is 175 Å². The van der Waals surface area contributed by atoms with Gasteiger partial charge in [0.15, 0.2) is 11.7 Å². The third kappa shape index (κ3) is 7.42. The number of aryl methyl sites for hydroxylation is 1. The number of hydrazine groups is 1. The number of para-hydroxylation sites is 1. The summed E-state index contributed by atoms with van der Waals surface area (Å²) in [6.45, 7) is 5.82. The molecule has 1 atom stereocenters. The molecule has 29 heavy (non-hydrogen) atoms. The van der Waals surface area contributed by atoms with Crippen LogP contribution in [0.5, 0.6) is 5.75 Å². The number of carbonyl (C=O) groups excluding carboxylic acids is 2. The quantitative estimate of drug-likeness (QED) is 0.365. The molecule has 0 saturated heterocycles. The van der Waals surface area contributed by atoms with Gasteiger partial charge in [-0.15, -0.1) is 0 Å². The Morgan fingerprint density at radius 1 is 1.21 bits per heavy atom. The van der Waals surface area contributed by atoms with E-state index >= 15 is 0 Å². The van der Waals surface area contributed by atoms with Crippen LogP contribution in [0.1, 0.15) is 43.3 Å². The van der Waals surface area contributed by atoms with Crippen LogP contribution in [-0.2, 0) is 9.59 Å². The average Bonchev–Trinajstić information content (AvgIpc) is 3.14. The molecule has 0 radical (unpaired) electrons. The van der Waals surface area contributed by atoms with Crippen LogP contribution in [0.15, 0.2) is 46.9 Å². The highest BCUT2D eigenvalue weighted by Gasteiger charge is 2.11. The van der Waals surface area contributed by atoms with Crippen molar-refractivity contribution in [3.05, 3.63) is 59.6 Å². The van der Waals surface area contributed by atoms with Gasteiger partial charge in [0.05, 0.1) is 0 Å². The minimum Gasteiger partial charge on any atom is -0.483 e. The molecule has 2 amide bonds. The molecule has 0 bridgehead atoms. The standard InChI is InChI=1S/C21H25N3O4S/c1-4-14(2)17-7-5-6-8-18(17)27-13-20(26)23-24-21(29)22-19(25)12-11-16-10-9-15(3)28-16/h5-12,14H,4,13H2,1-3H3,(H,23,26)(H2,22,24,25,29). The van der Waals surface area contributed by atoms with Crippen molar-refractivity contribution in [1.82, 2.24) is 16.2 Å². The molecule has 0 fully saturated rings. The van der Waals surface area contributed by atoms with E-state index in [2.05, 4.69) is 30.0 Å². The zero-order chi connectivity index (χ0) is 21.2. The lowest BCUT2D eigenvalue weighted by Gasteiger charge is -2.16. The summed E-state index contributed by atoms with van der Waals surface area (Å²) in [6, 6.07) is 11.2. The molecular weight excluding hydrogens is 390 g/mol. The molecule has 0 spiro atoms. The molecule has 0 aliphatic rings. The normalized spacial score (nSPS) is 11.7. The maximum absolute atomic E-state index is 12.0. The van der Waals surface area contributed by atoms with Crippen LogP contribution in [0, 0.1) is 6.92 Å². The van der Waals surface area contributed by atoms with E-state index in [1.807, 2.05) is 31.2 Å². The van der Waals surface area contributed by atoms with Crippen molar-refractivity contribution in [2.24, 2.45) is 0 Å². The first kappa shape index (κ1) is 22.2. The van der Waals surface area contributed by atoms with E-state index in [-0.39, 0.29) is 11.7 Å². The molecule has 1 unspecified atom stereocenters. The molecule has 2 aromatic rings. The molecule has 2 rings (SSSR count). The van der Waals surface area contributed by atoms with Crippen molar-refractivity contribution in [2.75, 3.05) is 6.61 Å². The SMILES string of the molecule is CCC(C)c1ccccc1OCC(=O)NNC(=S)NC(=O)C=Cc1ccc(C)o1. The summed E-state index contributed by atoms with van der Waals surface area (Å²) < 4.78 is 10.9. The largest absolute Gasteiger partial charge is 0.483 e. The molecule has 8 heteroatoms. The minimum atomic E-state index is -0.454. The van der Waals surface area contributed by atoms with Gasteiger partial charge in [0.2, 0.25) is 5.91 Å². The van der Waals surface area contributed by atoms with E-state index in [9.17, 15) is 9.59 Å². The molecular formula is C21H25N3O4S. The highest BCUT2D eigenvalue weighted by molar-refractivity contribution is 7.80. The molecule has 154 valence electrons. The number of carbonyl (C=O) groups is 2. The van der Waals surface area contributed by atoms with Gasteiger partial charge in [-0.05, 0) is 61.3 Å². The van der Waals surface area contributed by atoms with Crippen LogP contribution < -0.4 is 20.9 Å². The maximum Gasteiger partial charge on any atom is 0.276 e. The first-order chi connectivity index (χ1) is 13.9.